The van der Waals surface area contributed by atoms with Gasteiger partial charge in [-0.15, -0.1) is 0 Å². The number of amides is 1. The normalized spacial score (nSPS) is 11.1. The molecule has 0 aromatic heterocycles. The van der Waals surface area contributed by atoms with Crippen molar-refractivity contribution in [3.05, 3.63) is 63.7 Å². The lowest BCUT2D eigenvalue weighted by atomic mass is 10.2. The smallest absolute Gasteiger partial charge is 0.273 e. The molecular formula is C19H23N3O5S. The first-order valence-corrected chi connectivity index (χ1v) is 10.4. The molecule has 28 heavy (non-hydrogen) atoms. The lowest BCUT2D eigenvalue weighted by Crippen LogP contribution is -2.24. The highest BCUT2D eigenvalue weighted by atomic mass is 32.2. The molecule has 0 saturated carbocycles. The number of nitrogens with zero attached hydrogens (tertiary/aromatic N) is 1. The summed E-state index contributed by atoms with van der Waals surface area (Å²) in [6, 6.07) is 9.70. The highest BCUT2D eigenvalue weighted by Crippen LogP contribution is 2.24. The number of nitro benzene ring substituents is 1. The van der Waals surface area contributed by atoms with Crippen molar-refractivity contribution in [2.75, 3.05) is 11.3 Å². The Morgan fingerprint density at radius 1 is 1.11 bits per heavy atom. The van der Waals surface area contributed by atoms with Gasteiger partial charge >= 0.3 is 0 Å². The molecule has 2 rings (SSSR count). The number of nitrogens with one attached hydrogen (secondary N) is 2. The third-order valence-electron chi connectivity index (χ3n) is 4.15. The van der Waals surface area contributed by atoms with Gasteiger partial charge < -0.3 is 5.32 Å². The molecule has 2 aromatic rings. The Balaban J connectivity index is 2.10. The number of carbonyl (C=O) groups excluding carboxylic acids is 1. The number of sulfonamides is 1. The average Bonchev–Trinajstić information content (AvgIpc) is 2.65. The van der Waals surface area contributed by atoms with Gasteiger partial charge in [0.25, 0.3) is 21.6 Å². The Bertz CT molecular complexity index is 956. The van der Waals surface area contributed by atoms with Crippen molar-refractivity contribution in [2.45, 2.75) is 38.0 Å². The van der Waals surface area contributed by atoms with Crippen molar-refractivity contribution in [3.63, 3.8) is 0 Å². The van der Waals surface area contributed by atoms with E-state index >= 15 is 0 Å². The molecule has 0 aliphatic heterocycles. The molecule has 8 nitrogen and oxygen atoms in total. The minimum atomic E-state index is -3.99. The van der Waals surface area contributed by atoms with Gasteiger partial charge in [0.2, 0.25) is 0 Å². The third kappa shape index (κ3) is 5.53. The van der Waals surface area contributed by atoms with Crippen molar-refractivity contribution < 1.29 is 18.1 Å². The van der Waals surface area contributed by atoms with Crippen LogP contribution in [-0.2, 0) is 10.0 Å². The quantitative estimate of drug-likeness (QED) is 0.375. The van der Waals surface area contributed by atoms with E-state index in [-0.39, 0.29) is 22.2 Å². The molecule has 0 aliphatic carbocycles. The number of unbranched alkanes of at least 4 members (excludes halogenated alkanes) is 2. The van der Waals surface area contributed by atoms with E-state index in [9.17, 15) is 23.3 Å². The molecule has 0 heterocycles. The van der Waals surface area contributed by atoms with E-state index in [1.165, 1.54) is 43.3 Å². The van der Waals surface area contributed by atoms with Gasteiger partial charge in [-0.1, -0.05) is 25.8 Å². The summed E-state index contributed by atoms with van der Waals surface area (Å²) < 4.78 is 27.4. The first-order chi connectivity index (χ1) is 13.2. The lowest BCUT2D eigenvalue weighted by Gasteiger charge is -2.10. The average molecular weight is 405 g/mol. The highest BCUT2D eigenvalue weighted by molar-refractivity contribution is 7.92. The first kappa shape index (κ1) is 21.4. The van der Waals surface area contributed by atoms with Crippen LogP contribution in [0.4, 0.5) is 11.4 Å². The molecule has 0 saturated heterocycles. The van der Waals surface area contributed by atoms with Crippen molar-refractivity contribution in [1.29, 1.82) is 0 Å². The number of benzene rings is 2. The van der Waals surface area contributed by atoms with Crippen LogP contribution in [0.5, 0.6) is 0 Å². The van der Waals surface area contributed by atoms with Crippen LogP contribution >= 0.6 is 0 Å². The summed E-state index contributed by atoms with van der Waals surface area (Å²) >= 11 is 0. The molecule has 0 aliphatic rings. The fourth-order valence-electron chi connectivity index (χ4n) is 2.54. The maximum atomic E-state index is 12.5. The van der Waals surface area contributed by atoms with E-state index in [2.05, 4.69) is 17.0 Å². The minimum absolute atomic E-state index is 0.206. The van der Waals surface area contributed by atoms with Crippen LogP contribution in [0.3, 0.4) is 0 Å². The SMILES string of the molecule is CCCCCNC(=O)c1ccc(NS(=O)(=O)c2ccc(C)c([N+](=O)[O-])c2)cc1. The number of aryl methyl sites for hydroxylation is 1. The van der Waals surface area contributed by atoms with Crippen molar-refractivity contribution >= 4 is 27.3 Å². The van der Waals surface area contributed by atoms with Crippen LogP contribution < -0.4 is 10.0 Å². The molecule has 2 N–H and O–H groups in total. The number of hydrogen-bond acceptors (Lipinski definition) is 5. The van der Waals surface area contributed by atoms with Gasteiger partial charge in [0, 0.05) is 29.4 Å². The third-order valence-corrected chi connectivity index (χ3v) is 5.53. The Hall–Kier alpha value is -2.94. The molecule has 2 aromatic carbocycles. The second-order valence-corrected chi connectivity index (χ2v) is 8.03. The molecule has 150 valence electrons. The predicted molar refractivity (Wildman–Crippen MR) is 107 cm³/mol. The van der Waals surface area contributed by atoms with Gasteiger partial charge in [0.15, 0.2) is 0 Å². The maximum absolute atomic E-state index is 12.5. The molecule has 0 radical (unpaired) electrons. The standard InChI is InChI=1S/C19H23N3O5S/c1-3-4-5-12-20-19(23)15-7-9-16(10-8-15)21-28(26,27)17-11-6-14(2)18(13-17)22(24)25/h6-11,13,21H,3-5,12H2,1-2H3,(H,20,23). The summed E-state index contributed by atoms with van der Waals surface area (Å²) in [5.41, 5.74) is 0.785. The minimum Gasteiger partial charge on any atom is -0.352 e. The Morgan fingerprint density at radius 3 is 2.39 bits per heavy atom. The van der Waals surface area contributed by atoms with Crippen LogP contribution in [0.25, 0.3) is 0 Å². The van der Waals surface area contributed by atoms with E-state index in [1.807, 2.05) is 0 Å². The van der Waals surface area contributed by atoms with Gasteiger partial charge in [0.1, 0.15) is 0 Å². The van der Waals surface area contributed by atoms with Gasteiger partial charge in [-0.2, -0.15) is 0 Å². The van der Waals surface area contributed by atoms with E-state index in [1.54, 1.807) is 0 Å². The summed E-state index contributed by atoms with van der Waals surface area (Å²) in [6.45, 7) is 4.21. The lowest BCUT2D eigenvalue weighted by molar-refractivity contribution is -0.385. The molecule has 0 atom stereocenters. The van der Waals surface area contributed by atoms with Crippen LogP contribution in [-0.4, -0.2) is 25.8 Å². The summed E-state index contributed by atoms with van der Waals surface area (Å²) in [5.74, 6) is -0.223. The van der Waals surface area contributed by atoms with E-state index in [0.717, 1.165) is 25.3 Å². The summed E-state index contributed by atoms with van der Waals surface area (Å²) in [4.78, 5) is 22.2. The van der Waals surface area contributed by atoms with E-state index in [0.29, 0.717) is 17.7 Å². The van der Waals surface area contributed by atoms with Crippen molar-refractivity contribution in [1.82, 2.24) is 5.32 Å². The summed E-state index contributed by atoms with van der Waals surface area (Å²) in [7, 11) is -3.99. The monoisotopic (exact) mass is 405 g/mol. The molecule has 0 spiro atoms. The number of hydrogen-bond donors (Lipinski definition) is 2. The van der Waals surface area contributed by atoms with Crippen LogP contribution in [0, 0.1) is 17.0 Å². The maximum Gasteiger partial charge on any atom is 0.273 e. The molecule has 1 amide bonds. The van der Waals surface area contributed by atoms with Crippen LogP contribution in [0.2, 0.25) is 0 Å². The zero-order chi connectivity index (χ0) is 20.7. The van der Waals surface area contributed by atoms with Gasteiger partial charge in [-0.05, 0) is 43.7 Å². The second-order valence-electron chi connectivity index (χ2n) is 6.35. The fraction of sp³-hybridized carbons (Fsp3) is 0.316. The number of rotatable bonds is 9. The van der Waals surface area contributed by atoms with Crippen LogP contribution in [0.1, 0.15) is 42.1 Å². The number of nitro groups is 1. The molecule has 0 fully saturated rings. The number of carbonyl (C=O) groups is 1. The zero-order valence-electron chi connectivity index (χ0n) is 15.8. The molecule has 0 bridgehead atoms. The Morgan fingerprint density at radius 2 is 1.79 bits per heavy atom. The summed E-state index contributed by atoms with van der Waals surface area (Å²) in [5, 5.41) is 13.8. The molecular weight excluding hydrogens is 382 g/mol. The van der Waals surface area contributed by atoms with Gasteiger partial charge in [-0.25, -0.2) is 8.42 Å². The summed E-state index contributed by atoms with van der Waals surface area (Å²) in [6.07, 6.45) is 3.01. The zero-order valence-corrected chi connectivity index (χ0v) is 16.6. The Labute approximate surface area is 164 Å². The van der Waals surface area contributed by atoms with Gasteiger partial charge in [0.05, 0.1) is 9.82 Å². The second kappa shape index (κ2) is 9.32. The predicted octanol–water partition coefficient (Wildman–Crippen LogP) is 3.62. The largest absolute Gasteiger partial charge is 0.352 e. The van der Waals surface area contributed by atoms with Gasteiger partial charge in [-0.3, -0.25) is 19.6 Å². The highest BCUT2D eigenvalue weighted by Gasteiger charge is 2.20. The topological polar surface area (TPSA) is 118 Å². The fourth-order valence-corrected chi connectivity index (χ4v) is 3.61. The van der Waals surface area contributed by atoms with E-state index in [4.69, 9.17) is 0 Å². The number of anilines is 1. The Kier molecular flexibility index (Phi) is 7.11. The molecule has 0 unspecified atom stereocenters. The van der Waals surface area contributed by atoms with E-state index < -0.39 is 14.9 Å². The molecule has 9 heteroatoms. The van der Waals surface area contributed by atoms with Crippen LogP contribution in [0.15, 0.2) is 47.4 Å². The van der Waals surface area contributed by atoms with Crippen molar-refractivity contribution in [2.24, 2.45) is 0 Å². The first-order valence-electron chi connectivity index (χ1n) is 8.90. The van der Waals surface area contributed by atoms with Crippen molar-refractivity contribution in [3.8, 4) is 0 Å².